The molecule has 0 spiro atoms. The lowest BCUT2D eigenvalue weighted by molar-refractivity contribution is 1.08. The fraction of sp³-hybridized carbons (Fsp3) is 0.0909. The Balaban J connectivity index is 2.38. The number of rotatable bonds is 1. The van der Waals surface area contributed by atoms with Gasteiger partial charge in [-0.1, -0.05) is 0 Å². The zero-order valence-electron chi connectivity index (χ0n) is 8.71. The van der Waals surface area contributed by atoms with E-state index in [0.717, 1.165) is 22.5 Å². The van der Waals surface area contributed by atoms with E-state index in [1.54, 1.807) is 11.3 Å². The topological polar surface area (TPSA) is 56.7 Å². The van der Waals surface area contributed by atoms with E-state index in [9.17, 15) is 0 Å². The predicted octanol–water partition coefficient (Wildman–Crippen LogP) is 2.37. The molecule has 2 N–H and O–H groups in total. The van der Waals surface area contributed by atoms with Crippen LogP contribution in [0, 0.1) is 6.92 Å². The summed E-state index contributed by atoms with van der Waals surface area (Å²) in [5.41, 5.74) is 9.53. The summed E-state index contributed by atoms with van der Waals surface area (Å²) in [5.74, 6) is 0.478. The van der Waals surface area contributed by atoms with E-state index in [-0.39, 0.29) is 0 Å². The van der Waals surface area contributed by atoms with E-state index >= 15 is 0 Å². The minimum atomic E-state index is 0.478. The summed E-state index contributed by atoms with van der Waals surface area (Å²) < 4.78 is 1.87. The van der Waals surface area contributed by atoms with E-state index in [1.807, 2.05) is 40.5 Å². The number of nitrogens with two attached hydrogens (primary N) is 1. The SMILES string of the molecule is Cc1ccc2nc(N)n(-c3ccsc3)c2n1. The number of aryl methyl sites for hydroxylation is 1. The van der Waals surface area contributed by atoms with Crippen molar-refractivity contribution in [3.63, 3.8) is 0 Å². The number of fused-ring (bicyclic) bond motifs is 1. The van der Waals surface area contributed by atoms with Crippen molar-refractivity contribution in [2.75, 3.05) is 5.73 Å². The van der Waals surface area contributed by atoms with Gasteiger partial charge in [0.25, 0.3) is 0 Å². The van der Waals surface area contributed by atoms with Crippen molar-refractivity contribution in [3.8, 4) is 5.69 Å². The standard InChI is InChI=1S/C11H10N4S/c1-7-2-3-9-10(13-7)15(11(12)14-9)8-4-5-16-6-8/h2-6H,1H3,(H2,12,14). The third kappa shape index (κ3) is 1.29. The van der Waals surface area contributed by atoms with Gasteiger partial charge in [0.1, 0.15) is 5.52 Å². The van der Waals surface area contributed by atoms with Crippen molar-refractivity contribution in [1.29, 1.82) is 0 Å². The average Bonchev–Trinajstić information content (AvgIpc) is 2.83. The molecule has 5 heteroatoms. The summed E-state index contributed by atoms with van der Waals surface area (Å²) in [6.45, 7) is 1.96. The number of hydrogen-bond acceptors (Lipinski definition) is 4. The molecule has 0 aromatic carbocycles. The second-order valence-corrected chi connectivity index (χ2v) is 4.36. The lowest BCUT2D eigenvalue weighted by Crippen LogP contribution is -2.00. The molecule has 0 aliphatic carbocycles. The summed E-state index contributed by atoms with van der Waals surface area (Å²) in [6.07, 6.45) is 0. The second-order valence-electron chi connectivity index (χ2n) is 3.58. The first-order chi connectivity index (χ1) is 7.75. The highest BCUT2D eigenvalue weighted by molar-refractivity contribution is 7.08. The van der Waals surface area contributed by atoms with Crippen molar-refractivity contribution < 1.29 is 0 Å². The number of hydrogen-bond donors (Lipinski definition) is 1. The van der Waals surface area contributed by atoms with Gasteiger partial charge in [0.05, 0.1) is 5.69 Å². The van der Waals surface area contributed by atoms with Gasteiger partial charge in [-0.15, -0.1) is 0 Å². The van der Waals surface area contributed by atoms with Crippen LogP contribution in [0.5, 0.6) is 0 Å². The summed E-state index contributed by atoms with van der Waals surface area (Å²) in [5, 5.41) is 4.04. The number of thiophene rings is 1. The monoisotopic (exact) mass is 230 g/mol. The molecule has 0 aliphatic heterocycles. The second kappa shape index (κ2) is 3.31. The zero-order chi connectivity index (χ0) is 11.1. The van der Waals surface area contributed by atoms with Gasteiger partial charge in [-0.3, -0.25) is 4.57 Å². The molecule has 0 unspecified atom stereocenters. The Morgan fingerprint density at radius 2 is 2.12 bits per heavy atom. The maximum Gasteiger partial charge on any atom is 0.207 e. The van der Waals surface area contributed by atoms with Crippen LogP contribution in [0.25, 0.3) is 16.9 Å². The normalized spacial score (nSPS) is 11.1. The first kappa shape index (κ1) is 9.35. The number of nitrogen functional groups attached to an aromatic ring is 1. The first-order valence-corrected chi connectivity index (χ1v) is 5.84. The van der Waals surface area contributed by atoms with Crippen molar-refractivity contribution in [3.05, 3.63) is 34.7 Å². The maximum absolute atomic E-state index is 5.91. The van der Waals surface area contributed by atoms with E-state index in [4.69, 9.17) is 5.73 Å². The maximum atomic E-state index is 5.91. The third-order valence-electron chi connectivity index (χ3n) is 2.43. The highest BCUT2D eigenvalue weighted by atomic mass is 32.1. The van der Waals surface area contributed by atoms with Gasteiger partial charge in [0.15, 0.2) is 5.65 Å². The molecular formula is C11H10N4S. The van der Waals surface area contributed by atoms with Crippen LogP contribution in [-0.4, -0.2) is 14.5 Å². The average molecular weight is 230 g/mol. The molecule has 16 heavy (non-hydrogen) atoms. The highest BCUT2D eigenvalue weighted by Crippen LogP contribution is 2.23. The molecule has 4 nitrogen and oxygen atoms in total. The molecule has 0 aliphatic rings. The van der Waals surface area contributed by atoms with E-state index in [1.165, 1.54) is 0 Å². The van der Waals surface area contributed by atoms with Crippen molar-refractivity contribution in [2.45, 2.75) is 6.92 Å². The largest absolute Gasteiger partial charge is 0.369 e. The van der Waals surface area contributed by atoms with Crippen molar-refractivity contribution >= 4 is 28.4 Å². The van der Waals surface area contributed by atoms with Gasteiger partial charge in [-0.05, 0) is 30.5 Å². The van der Waals surface area contributed by atoms with Crippen LogP contribution in [0.4, 0.5) is 5.95 Å². The molecule has 0 bridgehead atoms. The van der Waals surface area contributed by atoms with Crippen LogP contribution in [-0.2, 0) is 0 Å². The van der Waals surface area contributed by atoms with Crippen molar-refractivity contribution in [2.24, 2.45) is 0 Å². The molecule has 0 amide bonds. The molecule has 0 saturated carbocycles. The van der Waals surface area contributed by atoms with E-state index in [0.29, 0.717) is 5.95 Å². The number of aromatic nitrogens is 3. The number of imidazole rings is 1. The van der Waals surface area contributed by atoms with Gasteiger partial charge in [-0.25, -0.2) is 9.97 Å². The molecule has 3 aromatic heterocycles. The molecule has 0 atom stereocenters. The van der Waals surface area contributed by atoms with Crippen LogP contribution in [0.1, 0.15) is 5.69 Å². The Hall–Kier alpha value is -1.88. The zero-order valence-corrected chi connectivity index (χ0v) is 9.53. The van der Waals surface area contributed by atoms with Crippen LogP contribution in [0.3, 0.4) is 0 Å². The predicted molar refractivity (Wildman–Crippen MR) is 65.9 cm³/mol. The molecule has 0 fully saturated rings. The molecule has 0 saturated heterocycles. The smallest absolute Gasteiger partial charge is 0.207 e. The molecule has 3 heterocycles. The molecule has 3 aromatic rings. The Morgan fingerprint density at radius 1 is 1.25 bits per heavy atom. The summed E-state index contributed by atoms with van der Waals surface area (Å²) in [7, 11) is 0. The lowest BCUT2D eigenvalue weighted by atomic mass is 10.3. The highest BCUT2D eigenvalue weighted by Gasteiger charge is 2.11. The van der Waals surface area contributed by atoms with E-state index in [2.05, 4.69) is 9.97 Å². The van der Waals surface area contributed by atoms with Crippen LogP contribution in [0.15, 0.2) is 29.0 Å². The molecule has 3 rings (SSSR count). The molecular weight excluding hydrogens is 220 g/mol. The van der Waals surface area contributed by atoms with Gasteiger partial charge >= 0.3 is 0 Å². The summed E-state index contributed by atoms with van der Waals surface area (Å²) in [4.78, 5) is 8.77. The first-order valence-electron chi connectivity index (χ1n) is 4.90. The Morgan fingerprint density at radius 3 is 2.88 bits per heavy atom. The van der Waals surface area contributed by atoms with E-state index < -0.39 is 0 Å². The Labute approximate surface area is 96.4 Å². The number of nitrogens with zero attached hydrogens (tertiary/aromatic N) is 3. The van der Waals surface area contributed by atoms with Gasteiger partial charge in [0.2, 0.25) is 5.95 Å². The minimum Gasteiger partial charge on any atom is -0.369 e. The van der Waals surface area contributed by atoms with Crippen LogP contribution >= 0.6 is 11.3 Å². The fourth-order valence-corrected chi connectivity index (χ4v) is 2.33. The lowest BCUT2D eigenvalue weighted by Gasteiger charge is -2.02. The van der Waals surface area contributed by atoms with Gasteiger partial charge in [0, 0.05) is 11.1 Å². The van der Waals surface area contributed by atoms with Crippen LogP contribution < -0.4 is 5.73 Å². The minimum absolute atomic E-state index is 0.478. The number of pyridine rings is 1. The van der Waals surface area contributed by atoms with Crippen LogP contribution in [0.2, 0.25) is 0 Å². The summed E-state index contributed by atoms with van der Waals surface area (Å²) >= 11 is 1.63. The van der Waals surface area contributed by atoms with Gasteiger partial charge < -0.3 is 5.73 Å². The summed E-state index contributed by atoms with van der Waals surface area (Å²) in [6, 6.07) is 5.88. The molecule has 80 valence electrons. The quantitative estimate of drug-likeness (QED) is 0.698. The van der Waals surface area contributed by atoms with Crippen molar-refractivity contribution in [1.82, 2.24) is 14.5 Å². The molecule has 0 radical (unpaired) electrons. The number of anilines is 1. The Kier molecular flexibility index (Phi) is 1.94. The third-order valence-corrected chi connectivity index (χ3v) is 3.10. The van der Waals surface area contributed by atoms with Gasteiger partial charge in [-0.2, -0.15) is 11.3 Å². The fourth-order valence-electron chi connectivity index (χ4n) is 1.71. The Bertz CT molecular complexity index is 639.